The van der Waals surface area contributed by atoms with Gasteiger partial charge in [0.2, 0.25) is 0 Å². The Kier molecular flexibility index (Phi) is 7.21. The van der Waals surface area contributed by atoms with Crippen LogP contribution < -0.4 is 0 Å². The van der Waals surface area contributed by atoms with Crippen LogP contribution in [0.15, 0.2) is 0 Å². The summed E-state index contributed by atoms with van der Waals surface area (Å²) in [5, 5.41) is 0. The van der Waals surface area contributed by atoms with Crippen molar-refractivity contribution in [3.63, 3.8) is 0 Å². The molecule has 0 bridgehead atoms. The highest BCUT2D eigenvalue weighted by atomic mass is 28.5. The molecule has 0 radical (unpaired) electrons. The zero-order chi connectivity index (χ0) is 15.3. The van der Waals surface area contributed by atoms with Crippen molar-refractivity contribution in [2.75, 3.05) is 7.11 Å². The molecule has 0 aliphatic rings. The number of hydrogen-bond acceptors (Lipinski definition) is 8. The van der Waals surface area contributed by atoms with Crippen LogP contribution in [0.5, 0.6) is 0 Å². The Balaban J connectivity index is 4.14. The summed E-state index contributed by atoms with van der Waals surface area (Å²) in [5.74, 6) is 0. The van der Waals surface area contributed by atoms with E-state index in [0.717, 1.165) is 0 Å². The van der Waals surface area contributed by atoms with Crippen molar-refractivity contribution in [1.82, 2.24) is 0 Å². The van der Waals surface area contributed by atoms with Gasteiger partial charge in [0, 0.05) is 7.11 Å². The highest BCUT2D eigenvalue weighted by Gasteiger charge is 2.39. The average molecular weight is 347 g/mol. The predicted molar refractivity (Wildman–Crippen MR) is 73.5 cm³/mol. The summed E-state index contributed by atoms with van der Waals surface area (Å²) in [5.41, 5.74) is 0. The third-order valence-corrected chi connectivity index (χ3v) is 8.27. The van der Waals surface area contributed by atoms with Crippen molar-refractivity contribution >= 4 is 34.9 Å². The molecular weight excluding hydrogens is 324 g/mol. The molecule has 0 atom stereocenters. The third kappa shape index (κ3) is 10.5. The Morgan fingerprint density at radius 2 is 1.37 bits per heavy atom. The summed E-state index contributed by atoms with van der Waals surface area (Å²) in [6, 6.07) is 0. The van der Waals surface area contributed by atoms with Crippen molar-refractivity contribution in [2.24, 2.45) is 0 Å². The highest BCUT2D eigenvalue weighted by Crippen LogP contribution is 2.16. The van der Waals surface area contributed by atoms with Crippen molar-refractivity contribution < 1.29 is 36.1 Å². The fourth-order valence-electron chi connectivity index (χ4n) is 0.935. The molecule has 0 saturated carbocycles. The second kappa shape index (κ2) is 7.18. The van der Waals surface area contributed by atoms with E-state index in [1.54, 1.807) is 20.2 Å². The summed E-state index contributed by atoms with van der Waals surface area (Å²) in [6.45, 7) is 10.1. The summed E-state index contributed by atoms with van der Waals surface area (Å²) < 4.78 is 40.9. The van der Waals surface area contributed by atoms with E-state index in [1.165, 1.54) is 13.1 Å². The van der Waals surface area contributed by atoms with Gasteiger partial charge in [-0.1, -0.05) is 0 Å². The zero-order valence-electron chi connectivity index (χ0n) is 12.3. The predicted octanol–water partition coefficient (Wildman–Crippen LogP) is 1.06. The SMILES string of the molecule is CO[Si](C)(C)O[Si](C)(C)OO[Si](=O)OO[Si](C)(C)O. The van der Waals surface area contributed by atoms with Crippen LogP contribution in [0.4, 0.5) is 0 Å². The van der Waals surface area contributed by atoms with Gasteiger partial charge in [0.05, 0.1) is 0 Å². The van der Waals surface area contributed by atoms with E-state index in [1.807, 2.05) is 13.1 Å². The minimum Gasteiger partial charge on any atom is -0.413 e. The van der Waals surface area contributed by atoms with Gasteiger partial charge in [0.25, 0.3) is 0 Å². The normalized spacial score (nSPS) is 13.3. The van der Waals surface area contributed by atoms with E-state index >= 15 is 0 Å². The van der Waals surface area contributed by atoms with E-state index < -0.39 is 34.9 Å². The Morgan fingerprint density at radius 3 is 1.79 bits per heavy atom. The van der Waals surface area contributed by atoms with Crippen molar-refractivity contribution in [1.29, 1.82) is 0 Å². The maximum atomic E-state index is 11.3. The van der Waals surface area contributed by atoms with Gasteiger partial charge in [0.15, 0.2) is 0 Å². The Labute approximate surface area is 118 Å². The molecule has 0 amide bonds. The minimum absolute atomic E-state index is 1.46. The van der Waals surface area contributed by atoms with Gasteiger partial charge < -0.3 is 22.5 Å². The van der Waals surface area contributed by atoms with Crippen LogP contribution in [0.3, 0.4) is 0 Å². The first-order valence-corrected chi connectivity index (χ1v) is 15.3. The van der Waals surface area contributed by atoms with E-state index in [-0.39, 0.29) is 0 Å². The van der Waals surface area contributed by atoms with E-state index in [9.17, 15) is 9.26 Å². The quantitative estimate of drug-likeness (QED) is 0.376. The summed E-state index contributed by atoms with van der Waals surface area (Å²) in [7, 11) is -9.27. The lowest BCUT2D eigenvalue weighted by Gasteiger charge is -2.29. The van der Waals surface area contributed by atoms with Gasteiger partial charge in [-0.3, -0.25) is 4.46 Å². The maximum Gasteiger partial charge on any atom is 0.833 e. The van der Waals surface area contributed by atoms with Gasteiger partial charge in [-0.05, 0) is 39.3 Å². The van der Waals surface area contributed by atoms with Crippen molar-refractivity contribution in [2.45, 2.75) is 39.3 Å². The molecule has 0 aromatic heterocycles. The molecule has 0 aliphatic heterocycles. The van der Waals surface area contributed by atoms with Crippen LogP contribution in [0.25, 0.3) is 0 Å². The standard InChI is InChI=1S/C7H22O8Si4/c1-10-18(4,5)15-19(6,7)14-12-16(8)11-13-17(2,3)9/h9H,1-7H3. The second-order valence-electron chi connectivity index (χ2n) is 5.14. The van der Waals surface area contributed by atoms with Gasteiger partial charge in [-0.25, -0.2) is 9.15 Å². The van der Waals surface area contributed by atoms with Crippen LogP contribution in [0, 0.1) is 0 Å². The molecule has 0 rings (SSSR count). The third-order valence-electron chi connectivity index (χ3n) is 1.61. The van der Waals surface area contributed by atoms with Crippen LogP contribution in [-0.2, 0) is 31.3 Å². The fraction of sp³-hybridized carbons (Fsp3) is 1.00. The molecular formula is C7H22O8Si4. The molecule has 114 valence electrons. The van der Waals surface area contributed by atoms with E-state index in [2.05, 4.69) is 13.7 Å². The molecule has 1 N–H and O–H groups in total. The molecule has 0 aliphatic carbocycles. The lowest BCUT2D eigenvalue weighted by molar-refractivity contribution is -0.217. The molecule has 0 aromatic rings. The Morgan fingerprint density at radius 1 is 0.895 bits per heavy atom. The molecule has 8 nitrogen and oxygen atoms in total. The average Bonchev–Trinajstić information content (AvgIpc) is 2.21. The molecule has 0 aromatic carbocycles. The van der Waals surface area contributed by atoms with Crippen LogP contribution in [0.2, 0.25) is 39.3 Å². The highest BCUT2D eigenvalue weighted by molar-refractivity contribution is 6.78. The largest absolute Gasteiger partial charge is 0.833 e. The Bertz CT molecular complexity index is 302. The second-order valence-corrected chi connectivity index (χ2v) is 16.0. The lowest BCUT2D eigenvalue weighted by atomic mass is 11.8. The van der Waals surface area contributed by atoms with Crippen LogP contribution in [0.1, 0.15) is 0 Å². The Hall–Kier alpha value is 0.0675. The maximum absolute atomic E-state index is 11.3. The lowest BCUT2D eigenvalue weighted by Crippen LogP contribution is -2.48. The van der Waals surface area contributed by atoms with E-state index in [4.69, 9.17) is 13.1 Å². The van der Waals surface area contributed by atoms with Crippen LogP contribution >= 0.6 is 0 Å². The van der Waals surface area contributed by atoms with Crippen molar-refractivity contribution in [3.05, 3.63) is 0 Å². The van der Waals surface area contributed by atoms with E-state index in [0.29, 0.717) is 0 Å². The first kappa shape index (κ1) is 19.1. The number of hydrogen-bond donors (Lipinski definition) is 1. The molecule has 0 unspecified atom stereocenters. The van der Waals surface area contributed by atoms with Gasteiger partial charge >= 0.3 is 34.9 Å². The van der Waals surface area contributed by atoms with Gasteiger partial charge in [0.1, 0.15) is 0 Å². The van der Waals surface area contributed by atoms with Crippen molar-refractivity contribution in [3.8, 4) is 0 Å². The first-order valence-electron chi connectivity index (χ1n) is 5.60. The zero-order valence-corrected chi connectivity index (χ0v) is 16.3. The summed E-state index contributed by atoms with van der Waals surface area (Å²) >= 11 is 0. The number of rotatable bonds is 9. The van der Waals surface area contributed by atoms with Gasteiger partial charge in [-0.15, -0.1) is 0 Å². The summed E-state index contributed by atoms with van der Waals surface area (Å²) in [6.07, 6.45) is 0. The minimum atomic E-state index is -3.01. The summed E-state index contributed by atoms with van der Waals surface area (Å²) in [4.78, 5) is 9.33. The molecule has 12 heteroatoms. The molecule has 0 heterocycles. The molecule has 0 fully saturated rings. The van der Waals surface area contributed by atoms with Gasteiger partial charge in [-0.2, -0.15) is 0 Å². The smallest absolute Gasteiger partial charge is 0.413 e. The van der Waals surface area contributed by atoms with Crippen LogP contribution in [-0.4, -0.2) is 46.8 Å². The molecule has 19 heavy (non-hydrogen) atoms. The first-order chi connectivity index (χ1) is 8.37. The topological polar surface area (TPSA) is 92.7 Å². The molecule has 0 spiro atoms. The molecule has 0 saturated heterocycles. The monoisotopic (exact) mass is 346 g/mol. The fourth-order valence-corrected chi connectivity index (χ4v) is 8.33.